The molecule has 1 aliphatic rings. The number of nitrogens with one attached hydrogen (secondary N) is 3. The van der Waals surface area contributed by atoms with Crippen LogP contribution in [0.4, 0.5) is 16.2 Å². The zero-order valence-electron chi connectivity index (χ0n) is 18.6. The van der Waals surface area contributed by atoms with E-state index in [0.29, 0.717) is 36.8 Å². The molecule has 4 amide bonds. The number of anilines is 2. The van der Waals surface area contributed by atoms with Gasteiger partial charge in [-0.1, -0.05) is 32.0 Å². The Hall–Kier alpha value is -3.55. The maximum atomic E-state index is 12.4. The Morgan fingerprint density at radius 3 is 2.16 bits per heavy atom. The third-order valence-electron chi connectivity index (χ3n) is 5.23. The van der Waals surface area contributed by atoms with Gasteiger partial charge in [0, 0.05) is 49.7 Å². The number of benzene rings is 2. The molecule has 1 heterocycles. The molecule has 32 heavy (non-hydrogen) atoms. The minimum absolute atomic E-state index is 0.0626. The monoisotopic (exact) mass is 437 g/mol. The molecule has 8 nitrogen and oxygen atoms in total. The van der Waals surface area contributed by atoms with Crippen LogP contribution in [0.2, 0.25) is 0 Å². The molecule has 0 atom stereocenters. The molecule has 3 rings (SSSR count). The van der Waals surface area contributed by atoms with Gasteiger partial charge in [-0.2, -0.15) is 0 Å². The number of carbonyl (C=O) groups excluding carboxylic acids is 3. The van der Waals surface area contributed by atoms with Gasteiger partial charge in [0.25, 0.3) is 5.91 Å². The lowest BCUT2D eigenvalue weighted by Crippen LogP contribution is -2.51. The molecule has 2 aromatic carbocycles. The molecule has 0 radical (unpaired) electrons. The molecule has 0 saturated carbocycles. The number of carbonyl (C=O) groups is 3. The second kappa shape index (κ2) is 11.2. The van der Waals surface area contributed by atoms with Crippen LogP contribution in [0.25, 0.3) is 0 Å². The molecule has 1 fully saturated rings. The van der Waals surface area contributed by atoms with Crippen LogP contribution in [0.3, 0.4) is 0 Å². The van der Waals surface area contributed by atoms with Gasteiger partial charge in [0.1, 0.15) is 0 Å². The van der Waals surface area contributed by atoms with Crippen LogP contribution >= 0.6 is 0 Å². The van der Waals surface area contributed by atoms with Gasteiger partial charge in [-0.3, -0.25) is 9.59 Å². The van der Waals surface area contributed by atoms with Crippen LogP contribution in [0, 0.1) is 5.92 Å². The Labute approximate surface area is 189 Å². The minimum Gasteiger partial charge on any atom is -0.368 e. The van der Waals surface area contributed by atoms with Crippen molar-refractivity contribution in [2.24, 2.45) is 5.92 Å². The molecule has 3 N–H and O–H groups in total. The van der Waals surface area contributed by atoms with E-state index in [1.54, 1.807) is 29.2 Å². The van der Waals surface area contributed by atoms with E-state index in [9.17, 15) is 14.4 Å². The minimum atomic E-state index is -0.460. The van der Waals surface area contributed by atoms with Gasteiger partial charge in [-0.25, -0.2) is 4.79 Å². The lowest BCUT2D eigenvalue weighted by Gasteiger charge is -2.36. The molecule has 0 spiro atoms. The topological polar surface area (TPSA) is 93.8 Å². The van der Waals surface area contributed by atoms with Gasteiger partial charge in [0.15, 0.2) is 0 Å². The van der Waals surface area contributed by atoms with E-state index in [4.69, 9.17) is 0 Å². The van der Waals surface area contributed by atoms with Gasteiger partial charge >= 0.3 is 6.03 Å². The van der Waals surface area contributed by atoms with Crippen LogP contribution in [0.15, 0.2) is 54.6 Å². The summed E-state index contributed by atoms with van der Waals surface area (Å²) in [5, 5.41) is 8.14. The first-order valence-corrected chi connectivity index (χ1v) is 10.9. The van der Waals surface area contributed by atoms with Gasteiger partial charge in [0.05, 0.1) is 6.54 Å². The Bertz CT molecular complexity index is 907. The first-order valence-electron chi connectivity index (χ1n) is 10.9. The highest BCUT2D eigenvalue weighted by atomic mass is 16.2. The predicted molar refractivity (Wildman–Crippen MR) is 126 cm³/mol. The second-order valence-electron chi connectivity index (χ2n) is 8.19. The number of rotatable bonds is 7. The van der Waals surface area contributed by atoms with Crippen molar-refractivity contribution in [1.82, 2.24) is 15.5 Å². The van der Waals surface area contributed by atoms with Crippen molar-refractivity contribution >= 4 is 29.2 Å². The van der Waals surface area contributed by atoms with Crippen molar-refractivity contribution in [3.8, 4) is 0 Å². The highest BCUT2D eigenvalue weighted by molar-refractivity contribution is 5.96. The van der Waals surface area contributed by atoms with E-state index in [1.165, 1.54) is 0 Å². The average molecular weight is 438 g/mol. The Kier molecular flexibility index (Phi) is 8.08. The largest absolute Gasteiger partial charge is 0.368 e. The van der Waals surface area contributed by atoms with E-state index in [2.05, 4.69) is 33.0 Å². The first kappa shape index (κ1) is 23.1. The number of para-hydroxylation sites is 1. The number of piperazine rings is 1. The molecular formula is C24H31N5O3. The van der Waals surface area contributed by atoms with E-state index in [-0.39, 0.29) is 18.4 Å². The van der Waals surface area contributed by atoms with Crippen molar-refractivity contribution in [3.63, 3.8) is 0 Å². The molecule has 0 aliphatic carbocycles. The summed E-state index contributed by atoms with van der Waals surface area (Å²) in [6.45, 7) is 7.37. The van der Waals surface area contributed by atoms with Crippen molar-refractivity contribution in [2.45, 2.75) is 13.8 Å². The fourth-order valence-electron chi connectivity index (χ4n) is 3.40. The van der Waals surface area contributed by atoms with Crippen molar-refractivity contribution < 1.29 is 14.4 Å². The summed E-state index contributed by atoms with van der Waals surface area (Å²) in [5.41, 5.74) is 2.23. The van der Waals surface area contributed by atoms with Crippen LogP contribution in [0.1, 0.15) is 24.2 Å². The fraction of sp³-hybridized carbons (Fsp3) is 0.375. The van der Waals surface area contributed by atoms with E-state index < -0.39 is 6.03 Å². The molecule has 8 heteroatoms. The smallest absolute Gasteiger partial charge is 0.319 e. The average Bonchev–Trinajstić information content (AvgIpc) is 2.82. The third kappa shape index (κ3) is 6.73. The summed E-state index contributed by atoms with van der Waals surface area (Å²) >= 11 is 0. The third-order valence-corrected chi connectivity index (χ3v) is 5.23. The van der Waals surface area contributed by atoms with Gasteiger partial charge in [0.2, 0.25) is 5.91 Å². The lowest BCUT2D eigenvalue weighted by molar-refractivity contribution is -0.130. The highest BCUT2D eigenvalue weighted by Crippen LogP contribution is 2.15. The summed E-state index contributed by atoms with van der Waals surface area (Å²) in [7, 11) is 0. The summed E-state index contributed by atoms with van der Waals surface area (Å²) < 4.78 is 0. The predicted octanol–water partition coefficient (Wildman–Crippen LogP) is 2.54. The zero-order valence-corrected chi connectivity index (χ0v) is 18.6. The first-order chi connectivity index (χ1) is 15.4. The number of amides is 4. The Balaban J connectivity index is 1.39. The Morgan fingerprint density at radius 2 is 1.53 bits per heavy atom. The summed E-state index contributed by atoms with van der Waals surface area (Å²) in [6, 6.07) is 16.3. The second-order valence-corrected chi connectivity index (χ2v) is 8.19. The van der Waals surface area contributed by atoms with E-state index in [0.717, 1.165) is 18.8 Å². The molecule has 0 aromatic heterocycles. The standard InChI is InChI=1S/C24H31N5O3/c1-18(2)16-25-23(31)19-8-10-20(11-9-19)27-24(32)26-17-22(30)29-14-12-28(13-15-29)21-6-4-3-5-7-21/h3-11,18H,12-17H2,1-2H3,(H,25,31)(H2,26,27,32). The maximum Gasteiger partial charge on any atom is 0.319 e. The van der Waals surface area contributed by atoms with Crippen molar-refractivity contribution in [3.05, 3.63) is 60.2 Å². The van der Waals surface area contributed by atoms with Gasteiger partial charge in [-0.05, 0) is 42.3 Å². The Morgan fingerprint density at radius 1 is 0.875 bits per heavy atom. The molecule has 1 aliphatic heterocycles. The molecule has 2 aromatic rings. The molecule has 170 valence electrons. The molecule has 0 bridgehead atoms. The van der Waals surface area contributed by atoms with Crippen molar-refractivity contribution in [1.29, 1.82) is 0 Å². The molecular weight excluding hydrogens is 406 g/mol. The van der Waals surface area contributed by atoms with Crippen LogP contribution < -0.4 is 20.9 Å². The van der Waals surface area contributed by atoms with Crippen LogP contribution in [-0.4, -0.2) is 62.0 Å². The number of hydrogen-bond donors (Lipinski definition) is 3. The van der Waals surface area contributed by atoms with E-state index in [1.807, 2.05) is 32.0 Å². The summed E-state index contributed by atoms with van der Waals surface area (Å²) in [4.78, 5) is 40.7. The number of hydrogen-bond acceptors (Lipinski definition) is 4. The molecule has 0 unspecified atom stereocenters. The van der Waals surface area contributed by atoms with E-state index >= 15 is 0 Å². The van der Waals surface area contributed by atoms with Crippen LogP contribution in [0.5, 0.6) is 0 Å². The van der Waals surface area contributed by atoms with Gasteiger partial charge in [-0.15, -0.1) is 0 Å². The van der Waals surface area contributed by atoms with Crippen LogP contribution in [-0.2, 0) is 4.79 Å². The quantitative estimate of drug-likeness (QED) is 0.621. The number of nitrogens with zero attached hydrogens (tertiary/aromatic N) is 2. The lowest BCUT2D eigenvalue weighted by atomic mass is 10.1. The van der Waals surface area contributed by atoms with Crippen molar-refractivity contribution in [2.75, 3.05) is 49.5 Å². The SMILES string of the molecule is CC(C)CNC(=O)c1ccc(NC(=O)NCC(=O)N2CCN(c3ccccc3)CC2)cc1. The normalized spacial score (nSPS) is 13.6. The summed E-state index contributed by atoms with van der Waals surface area (Å²) in [6.07, 6.45) is 0. The summed E-state index contributed by atoms with van der Waals surface area (Å²) in [5.74, 6) is 0.122. The zero-order chi connectivity index (χ0) is 22.9. The number of urea groups is 1. The molecule has 1 saturated heterocycles. The fourth-order valence-corrected chi connectivity index (χ4v) is 3.40. The maximum absolute atomic E-state index is 12.4. The highest BCUT2D eigenvalue weighted by Gasteiger charge is 2.21. The van der Waals surface area contributed by atoms with Gasteiger partial charge < -0.3 is 25.8 Å².